The Balaban J connectivity index is 4.38. The molecular weight excluding hydrogens is 997 g/mol. The van der Waals surface area contributed by atoms with Crippen molar-refractivity contribution in [1.82, 2.24) is 0 Å². The Morgan fingerprint density at radius 2 is 0.481 bits per heavy atom. The zero-order valence-electron chi connectivity index (χ0n) is 53.8. The van der Waals surface area contributed by atoms with Gasteiger partial charge in [-0.05, 0) is 70.6 Å². The highest BCUT2D eigenvalue weighted by atomic mass is 16.6. The molecule has 0 amide bonds. The molecule has 0 radical (unpaired) electrons. The van der Waals surface area contributed by atoms with Crippen LogP contribution in [0.5, 0.6) is 0 Å². The Morgan fingerprint density at radius 1 is 0.259 bits per heavy atom. The minimum atomic E-state index is -0.806. The molecule has 0 spiro atoms. The number of rotatable bonds is 64. The third-order valence-corrected chi connectivity index (χ3v) is 15.4. The van der Waals surface area contributed by atoms with E-state index < -0.39 is 6.10 Å². The predicted molar refractivity (Wildman–Crippen MR) is 353 cm³/mol. The number of allylic oxidation sites excluding steroid dienone is 14. The maximum Gasteiger partial charge on any atom is 0.306 e. The molecule has 6 heteroatoms. The molecule has 0 aromatic carbocycles. The Morgan fingerprint density at radius 3 is 0.741 bits per heavy atom. The van der Waals surface area contributed by atoms with Crippen LogP contribution in [0.4, 0.5) is 0 Å². The largest absolute Gasteiger partial charge is 0.462 e. The molecule has 81 heavy (non-hydrogen) atoms. The van der Waals surface area contributed by atoms with E-state index in [-0.39, 0.29) is 37.5 Å². The molecule has 6 nitrogen and oxygen atoms in total. The maximum absolute atomic E-state index is 12.9. The molecule has 0 aliphatic heterocycles. The van der Waals surface area contributed by atoms with E-state index in [2.05, 4.69) is 106 Å². The number of unbranched alkanes of at least 4 members (excludes halogenated alkanes) is 39. The highest BCUT2D eigenvalue weighted by Gasteiger charge is 2.19. The van der Waals surface area contributed by atoms with Gasteiger partial charge in [0.2, 0.25) is 0 Å². The van der Waals surface area contributed by atoms with E-state index in [1.807, 2.05) is 0 Å². The van der Waals surface area contributed by atoms with Gasteiger partial charge in [-0.2, -0.15) is 0 Å². The molecule has 0 saturated heterocycles. The average Bonchev–Trinajstić information content (AvgIpc) is 3.47. The fourth-order valence-corrected chi connectivity index (χ4v) is 10.2. The molecule has 0 rings (SSSR count). The van der Waals surface area contributed by atoms with Crippen molar-refractivity contribution < 1.29 is 28.6 Å². The second kappa shape index (κ2) is 69.1. The van der Waals surface area contributed by atoms with Gasteiger partial charge in [0.1, 0.15) is 13.2 Å². The Bertz CT molecular complexity index is 1530. The van der Waals surface area contributed by atoms with Gasteiger partial charge in [-0.15, -0.1) is 0 Å². The van der Waals surface area contributed by atoms with Crippen LogP contribution in [-0.2, 0) is 28.6 Å². The van der Waals surface area contributed by atoms with Crippen LogP contribution in [0.3, 0.4) is 0 Å². The molecule has 0 aliphatic rings. The standard InChI is InChI=1S/C75H132O6/c1-4-7-10-13-16-19-22-25-28-30-32-34-36-37-39-40-42-44-47-50-53-56-59-62-65-68-74(77)80-71-72(70-79-73(76)67-64-61-58-55-52-49-46-27-24-21-18-15-12-9-6-3)81-75(78)69-66-63-60-57-54-51-48-45-43-41-38-35-33-31-29-26-23-20-17-14-11-8-5-2/h8,11,17,20,26,29,33,35,41,43,48,51,57,60,72H,4-7,9-10,12-16,18-19,21-25,27-28,30-32,34,36-40,42,44-47,49-50,52-56,58-59,61-71H2,1-3H3/b11-8-,20-17-,29-26-,35-33-,43-41-,51-48-,60-57-. The molecule has 1 unspecified atom stereocenters. The zero-order chi connectivity index (χ0) is 58.5. The summed E-state index contributed by atoms with van der Waals surface area (Å²) < 4.78 is 16.9. The summed E-state index contributed by atoms with van der Waals surface area (Å²) in [6.07, 6.45) is 91.9. The number of hydrogen-bond donors (Lipinski definition) is 0. The second-order valence-corrected chi connectivity index (χ2v) is 23.4. The number of carbonyl (C=O) groups is 3. The van der Waals surface area contributed by atoms with Crippen molar-refractivity contribution >= 4 is 17.9 Å². The molecule has 0 aromatic heterocycles. The van der Waals surface area contributed by atoms with Crippen LogP contribution in [0.15, 0.2) is 85.1 Å². The van der Waals surface area contributed by atoms with Gasteiger partial charge in [0, 0.05) is 19.3 Å². The van der Waals surface area contributed by atoms with Gasteiger partial charge in [-0.1, -0.05) is 350 Å². The fourth-order valence-electron chi connectivity index (χ4n) is 10.2. The van der Waals surface area contributed by atoms with Crippen LogP contribution < -0.4 is 0 Å². The second-order valence-electron chi connectivity index (χ2n) is 23.4. The lowest BCUT2D eigenvalue weighted by molar-refractivity contribution is -0.167. The van der Waals surface area contributed by atoms with Crippen LogP contribution in [0.25, 0.3) is 0 Å². The molecule has 468 valence electrons. The number of ether oxygens (including phenoxy) is 3. The molecule has 0 fully saturated rings. The summed E-state index contributed by atoms with van der Waals surface area (Å²) in [5.41, 5.74) is 0. The molecule has 0 aliphatic carbocycles. The molecule has 0 bridgehead atoms. The first-order valence-corrected chi connectivity index (χ1v) is 35.1. The van der Waals surface area contributed by atoms with Gasteiger partial charge in [0.25, 0.3) is 0 Å². The van der Waals surface area contributed by atoms with Crippen LogP contribution in [-0.4, -0.2) is 37.2 Å². The highest BCUT2D eigenvalue weighted by Crippen LogP contribution is 2.18. The molecule has 0 aromatic rings. The van der Waals surface area contributed by atoms with Crippen LogP contribution >= 0.6 is 0 Å². The average molecular weight is 1130 g/mol. The number of carbonyl (C=O) groups excluding carboxylic acids is 3. The number of hydrogen-bond acceptors (Lipinski definition) is 6. The van der Waals surface area contributed by atoms with Crippen LogP contribution in [0.2, 0.25) is 0 Å². The van der Waals surface area contributed by atoms with Gasteiger partial charge in [-0.25, -0.2) is 0 Å². The van der Waals surface area contributed by atoms with Gasteiger partial charge in [-0.3, -0.25) is 14.4 Å². The Kier molecular flexibility index (Phi) is 66.2. The van der Waals surface area contributed by atoms with Crippen molar-refractivity contribution in [2.45, 2.75) is 361 Å². The van der Waals surface area contributed by atoms with E-state index in [4.69, 9.17) is 14.2 Å². The SMILES string of the molecule is CC/C=C\C/C=C\C/C=C\C/C=C\C/C=C\C/C=C\C/C=C\CCCC(=O)OC(COC(=O)CCCCCCCCCCCCCCCCC)COC(=O)CCCCCCCCCCCCCCCCCCCCCCCCCCC. The van der Waals surface area contributed by atoms with Crippen molar-refractivity contribution in [2.24, 2.45) is 0 Å². The van der Waals surface area contributed by atoms with Crippen molar-refractivity contribution in [3.05, 3.63) is 85.1 Å². The quantitative estimate of drug-likeness (QED) is 0.0261. The van der Waals surface area contributed by atoms with Crippen molar-refractivity contribution in [1.29, 1.82) is 0 Å². The minimum absolute atomic E-state index is 0.0951. The summed E-state index contributed by atoms with van der Waals surface area (Å²) in [6, 6.07) is 0. The smallest absolute Gasteiger partial charge is 0.306 e. The fraction of sp³-hybridized carbons (Fsp3) is 0.773. The van der Waals surface area contributed by atoms with E-state index in [0.717, 1.165) is 89.9 Å². The predicted octanol–water partition coefficient (Wildman–Crippen LogP) is 24.2. The molecule has 0 heterocycles. The van der Waals surface area contributed by atoms with E-state index in [0.29, 0.717) is 19.3 Å². The summed E-state index contributed by atoms with van der Waals surface area (Å²) in [5, 5.41) is 0. The van der Waals surface area contributed by atoms with Gasteiger partial charge < -0.3 is 14.2 Å². The monoisotopic (exact) mass is 1130 g/mol. The Hall–Kier alpha value is -3.41. The third-order valence-electron chi connectivity index (χ3n) is 15.4. The van der Waals surface area contributed by atoms with Gasteiger partial charge in [0.05, 0.1) is 0 Å². The van der Waals surface area contributed by atoms with Gasteiger partial charge >= 0.3 is 17.9 Å². The maximum atomic E-state index is 12.9. The summed E-state index contributed by atoms with van der Waals surface area (Å²) in [4.78, 5) is 38.4. The van der Waals surface area contributed by atoms with Crippen molar-refractivity contribution in [2.75, 3.05) is 13.2 Å². The first-order valence-electron chi connectivity index (χ1n) is 35.1. The lowest BCUT2D eigenvalue weighted by atomic mass is 10.0. The van der Waals surface area contributed by atoms with E-state index in [1.165, 1.54) is 218 Å². The first-order chi connectivity index (χ1) is 40.0. The zero-order valence-corrected chi connectivity index (χ0v) is 53.8. The molecule has 0 saturated carbocycles. The molecule has 0 N–H and O–H groups in total. The highest BCUT2D eigenvalue weighted by molar-refractivity contribution is 5.71. The van der Waals surface area contributed by atoms with Crippen LogP contribution in [0.1, 0.15) is 355 Å². The van der Waals surface area contributed by atoms with Crippen molar-refractivity contribution in [3.63, 3.8) is 0 Å². The first kappa shape index (κ1) is 77.6. The topological polar surface area (TPSA) is 78.9 Å². The molecular formula is C75H132O6. The number of esters is 3. The van der Waals surface area contributed by atoms with E-state index in [9.17, 15) is 14.4 Å². The van der Waals surface area contributed by atoms with E-state index >= 15 is 0 Å². The summed E-state index contributed by atoms with van der Waals surface area (Å²) in [6.45, 7) is 6.54. The van der Waals surface area contributed by atoms with Crippen LogP contribution in [0, 0.1) is 0 Å². The summed E-state index contributed by atoms with van der Waals surface area (Å²) >= 11 is 0. The van der Waals surface area contributed by atoms with Crippen molar-refractivity contribution in [3.8, 4) is 0 Å². The minimum Gasteiger partial charge on any atom is -0.462 e. The summed E-state index contributed by atoms with van der Waals surface area (Å²) in [7, 11) is 0. The van der Waals surface area contributed by atoms with E-state index in [1.54, 1.807) is 0 Å². The lowest BCUT2D eigenvalue weighted by Crippen LogP contribution is -2.30. The summed E-state index contributed by atoms with van der Waals surface area (Å²) in [5.74, 6) is -0.934. The third kappa shape index (κ3) is 67.3. The lowest BCUT2D eigenvalue weighted by Gasteiger charge is -2.18. The normalized spacial score (nSPS) is 12.6. The Labute approximate surface area is 503 Å². The molecule has 1 atom stereocenters. The van der Waals surface area contributed by atoms with Gasteiger partial charge in [0.15, 0.2) is 6.10 Å².